The SMILES string of the molecule is C/C=C\NC.CCC. The van der Waals surface area contributed by atoms with Gasteiger partial charge in [0.15, 0.2) is 0 Å². The Morgan fingerprint density at radius 1 is 1.38 bits per heavy atom. The predicted octanol–water partition coefficient (Wildman–Crippen LogP) is 2.16. The highest BCUT2D eigenvalue weighted by molar-refractivity contribution is 4.70. The molecule has 0 aliphatic heterocycles. The molecule has 0 aromatic rings. The van der Waals surface area contributed by atoms with Crippen LogP contribution in [0.1, 0.15) is 27.2 Å². The largest absolute Gasteiger partial charge is 0.394 e. The minimum Gasteiger partial charge on any atom is -0.394 e. The number of rotatable bonds is 1. The van der Waals surface area contributed by atoms with Crippen molar-refractivity contribution in [2.45, 2.75) is 27.2 Å². The van der Waals surface area contributed by atoms with E-state index < -0.39 is 0 Å². The molecule has 0 saturated heterocycles. The molecule has 1 N–H and O–H groups in total. The molecule has 0 aliphatic carbocycles. The quantitative estimate of drug-likeness (QED) is 0.552. The molecule has 50 valence electrons. The molecule has 0 aromatic carbocycles. The monoisotopic (exact) mass is 115 g/mol. The van der Waals surface area contributed by atoms with E-state index in [0.717, 1.165) is 0 Å². The topological polar surface area (TPSA) is 12.0 Å². The fourth-order valence-corrected chi connectivity index (χ4v) is 0.167. The van der Waals surface area contributed by atoms with E-state index in [0.29, 0.717) is 0 Å². The van der Waals surface area contributed by atoms with Crippen molar-refractivity contribution in [2.24, 2.45) is 0 Å². The molecule has 0 aliphatic rings. The Balaban J connectivity index is 0. The standard InChI is InChI=1S/C4H9N.C3H8/c1-3-4-5-2;1-3-2/h3-5H,1-2H3;3H2,1-2H3/b4-3-;. The van der Waals surface area contributed by atoms with Crippen LogP contribution in [0.5, 0.6) is 0 Å². The van der Waals surface area contributed by atoms with Crippen LogP contribution in [0.4, 0.5) is 0 Å². The van der Waals surface area contributed by atoms with Crippen molar-refractivity contribution in [1.82, 2.24) is 5.32 Å². The van der Waals surface area contributed by atoms with E-state index in [1.54, 1.807) is 0 Å². The van der Waals surface area contributed by atoms with E-state index in [1.165, 1.54) is 6.42 Å². The van der Waals surface area contributed by atoms with Gasteiger partial charge in [-0.2, -0.15) is 0 Å². The maximum Gasteiger partial charge on any atom is 0.00276 e. The molecule has 0 atom stereocenters. The van der Waals surface area contributed by atoms with Gasteiger partial charge in [0.2, 0.25) is 0 Å². The highest BCUT2D eigenvalue weighted by atomic mass is 14.8. The van der Waals surface area contributed by atoms with Gasteiger partial charge in [-0.25, -0.2) is 0 Å². The summed E-state index contributed by atoms with van der Waals surface area (Å²) < 4.78 is 0. The molecule has 1 nitrogen and oxygen atoms in total. The van der Waals surface area contributed by atoms with Crippen LogP contribution in [-0.2, 0) is 0 Å². The fourth-order valence-electron chi connectivity index (χ4n) is 0.167. The average molecular weight is 115 g/mol. The van der Waals surface area contributed by atoms with Gasteiger partial charge in [-0.3, -0.25) is 0 Å². The summed E-state index contributed by atoms with van der Waals surface area (Å²) in [5, 5.41) is 2.84. The highest BCUT2D eigenvalue weighted by Gasteiger charge is 1.45. The lowest BCUT2D eigenvalue weighted by atomic mass is 10.6. The van der Waals surface area contributed by atoms with Gasteiger partial charge in [-0.1, -0.05) is 26.3 Å². The molecular formula is C7H17N. The maximum atomic E-state index is 2.84. The van der Waals surface area contributed by atoms with Gasteiger partial charge in [0.05, 0.1) is 0 Å². The zero-order chi connectivity index (χ0) is 6.83. The lowest BCUT2D eigenvalue weighted by Gasteiger charge is -1.75. The Morgan fingerprint density at radius 3 is 1.75 bits per heavy atom. The molecular weight excluding hydrogens is 98.1 g/mol. The molecule has 0 radical (unpaired) electrons. The lowest BCUT2D eigenvalue weighted by Crippen LogP contribution is -1.89. The summed E-state index contributed by atoms with van der Waals surface area (Å²) in [5.74, 6) is 0. The molecule has 8 heavy (non-hydrogen) atoms. The van der Waals surface area contributed by atoms with Crippen LogP contribution in [-0.4, -0.2) is 7.05 Å². The van der Waals surface area contributed by atoms with E-state index in [2.05, 4.69) is 19.2 Å². The third kappa shape index (κ3) is 48.1. The van der Waals surface area contributed by atoms with Crippen LogP contribution >= 0.6 is 0 Å². The molecule has 1 heteroatoms. The molecule has 0 rings (SSSR count). The summed E-state index contributed by atoms with van der Waals surface area (Å²) in [6.07, 6.45) is 5.07. The Bertz CT molecular complexity index is 39.7. The number of hydrogen-bond donors (Lipinski definition) is 1. The third-order valence-electron chi connectivity index (χ3n) is 0.333. The minimum absolute atomic E-state index is 1.25. The van der Waals surface area contributed by atoms with Gasteiger partial charge in [0.1, 0.15) is 0 Å². The summed E-state index contributed by atoms with van der Waals surface area (Å²) in [6.45, 7) is 6.22. The molecule has 0 unspecified atom stereocenters. The van der Waals surface area contributed by atoms with Gasteiger partial charge in [0.25, 0.3) is 0 Å². The van der Waals surface area contributed by atoms with Crippen LogP contribution in [0, 0.1) is 0 Å². The predicted molar refractivity (Wildman–Crippen MR) is 39.8 cm³/mol. The summed E-state index contributed by atoms with van der Waals surface area (Å²) in [7, 11) is 1.88. The van der Waals surface area contributed by atoms with Crippen molar-refractivity contribution in [3.63, 3.8) is 0 Å². The summed E-state index contributed by atoms with van der Waals surface area (Å²) >= 11 is 0. The van der Waals surface area contributed by atoms with Crippen LogP contribution < -0.4 is 5.32 Å². The second-order valence-corrected chi connectivity index (χ2v) is 1.50. The van der Waals surface area contributed by atoms with Gasteiger partial charge in [0, 0.05) is 7.05 Å². The molecule has 0 amide bonds. The smallest absolute Gasteiger partial charge is 0.00276 e. The van der Waals surface area contributed by atoms with E-state index in [-0.39, 0.29) is 0 Å². The third-order valence-corrected chi connectivity index (χ3v) is 0.333. The molecule has 0 bridgehead atoms. The van der Waals surface area contributed by atoms with Crippen LogP contribution in [0.2, 0.25) is 0 Å². The van der Waals surface area contributed by atoms with Gasteiger partial charge in [-0.05, 0) is 13.1 Å². The Hall–Kier alpha value is -0.460. The molecule has 0 saturated carbocycles. The van der Waals surface area contributed by atoms with Crippen molar-refractivity contribution < 1.29 is 0 Å². The molecule has 0 spiro atoms. The van der Waals surface area contributed by atoms with Crippen LogP contribution in [0.3, 0.4) is 0 Å². The average Bonchev–Trinajstić information content (AvgIpc) is 1.71. The van der Waals surface area contributed by atoms with E-state index in [9.17, 15) is 0 Å². The van der Waals surface area contributed by atoms with Crippen molar-refractivity contribution in [1.29, 1.82) is 0 Å². The minimum atomic E-state index is 1.25. The van der Waals surface area contributed by atoms with Crippen LogP contribution in [0.15, 0.2) is 12.3 Å². The summed E-state index contributed by atoms with van der Waals surface area (Å²) in [4.78, 5) is 0. The second kappa shape index (κ2) is 16.0. The number of allylic oxidation sites excluding steroid dienone is 1. The Kier molecular flexibility index (Phi) is 21.0. The first-order chi connectivity index (χ1) is 3.83. The van der Waals surface area contributed by atoms with Crippen LogP contribution in [0.25, 0.3) is 0 Å². The van der Waals surface area contributed by atoms with Crippen molar-refractivity contribution in [3.05, 3.63) is 12.3 Å². The van der Waals surface area contributed by atoms with E-state index >= 15 is 0 Å². The summed E-state index contributed by atoms with van der Waals surface area (Å²) in [5.41, 5.74) is 0. The molecule has 0 heterocycles. The van der Waals surface area contributed by atoms with Crippen molar-refractivity contribution in [2.75, 3.05) is 7.05 Å². The molecule has 0 fully saturated rings. The zero-order valence-electron chi connectivity index (χ0n) is 6.36. The first-order valence-electron chi connectivity index (χ1n) is 3.11. The van der Waals surface area contributed by atoms with Crippen molar-refractivity contribution >= 4 is 0 Å². The van der Waals surface area contributed by atoms with Crippen molar-refractivity contribution in [3.8, 4) is 0 Å². The van der Waals surface area contributed by atoms with Gasteiger partial charge >= 0.3 is 0 Å². The second-order valence-electron chi connectivity index (χ2n) is 1.50. The zero-order valence-corrected chi connectivity index (χ0v) is 6.36. The Morgan fingerprint density at radius 2 is 1.75 bits per heavy atom. The fraction of sp³-hybridized carbons (Fsp3) is 0.714. The lowest BCUT2D eigenvalue weighted by molar-refractivity contribution is 1.09. The normalized spacial score (nSPS) is 8.00. The first-order valence-corrected chi connectivity index (χ1v) is 3.11. The maximum absolute atomic E-state index is 2.84. The highest BCUT2D eigenvalue weighted by Crippen LogP contribution is 1.56. The number of nitrogens with one attached hydrogen (secondary N) is 1. The first kappa shape index (κ1) is 10.5. The van der Waals surface area contributed by atoms with E-state index in [4.69, 9.17) is 0 Å². The number of hydrogen-bond acceptors (Lipinski definition) is 1. The summed E-state index contributed by atoms with van der Waals surface area (Å²) in [6, 6.07) is 0. The molecule has 0 aromatic heterocycles. The van der Waals surface area contributed by atoms with Gasteiger partial charge in [-0.15, -0.1) is 0 Å². The van der Waals surface area contributed by atoms with E-state index in [1.807, 2.05) is 26.2 Å². The van der Waals surface area contributed by atoms with Gasteiger partial charge < -0.3 is 5.32 Å². The Labute approximate surface area is 52.8 Å².